The third kappa shape index (κ3) is 2.67. The Morgan fingerprint density at radius 2 is 2.23 bits per heavy atom. The molecule has 1 saturated heterocycles. The van der Waals surface area contributed by atoms with E-state index in [4.69, 9.17) is 4.42 Å². The number of nitrogens with zero attached hydrogens (tertiary/aromatic N) is 1. The van der Waals surface area contributed by atoms with Crippen molar-refractivity contribution in [3.8, 4) is 0 Å². The van der Waals surface area contributed by atoms with E-state index in [-0.39, 0.29) is 0 Å². The summed E-state index contributed by atoms with van der Waals surface area (Å²) >= 11 is 0. The first-order valence-electron chi connectivity index (χ1n) is 8.71. The Kier molecular flexibility index (Phi) is 3.48. The van der Waals surface area contributed by atoms with E-state index < -0.39 is 0 Å². The Morgan fingerprint density at radius 3 is 2.95 bits per heavy atom. The van der Waals surface area contributed by atoms with E-state index in [1.165, 1.54) is 37.9 Å². The highest BCUT2D eigenvalue weighted by atomic mass is 16.3. The second-order valence-corrected chi connectivity index (χ2v) is 7.91. The third-order valence-corrected chi connectivity index (χ3v) is 5.38. The Labute approximate surface area is 132 Å². The van der Waals surface area contributed by atoms with Gasteiger partial charge in [-0.25, -0.2) is 4.98 Å². The first-order valence-corrected chi connectivity index (χ1v) is 8.71. The second-order valence-electron chi connectivity index (χ2n) is 7.91. The molecule has 2 fully saturated rings. The number of aromatic nitrogens is 1. The number of hydrogen-bond donors (Lipinski definition) is 1. The van der Waals surface area contributed by atoms with Crippen LogP contribution in [0.25, 0.3) is 11.1 Å². The van der Waals surface area contributed by atoms with E-state index in [0.717, 1.165) is 35.7 Å². The third-order valence-electron chi connectivity index (χ3n) is 5.38. The van der Waals surface area contributed by atoms with Crippen molar-refractivity contribution in [3.63, 3.8) is 0 Å². The fourth-order valence-electron chi connectivity index (χ4n) is 4.40. The lowest BCUT2D eigenvalue weighted by Crippen LogP contribution is -2.39. The molecule has 4 rings (SSSR count). The minimum absolute atomic E-state index is 0.612. The number of fused-ring (bicyclic) bond motifs is 1. The van der Waals surface area contributed by atoms with Gasteiger partial charge in [0.25, 0.3) is 0 Å². The largest absolute Gasteiger partial charge is 0.441 e. The van der Waals surface area contributed by atoms with Crippen molar-refractivity contribution in [2.24, 2.45) is 17.3 Å². The number of hydrogen-bond acceptors (Lipinski definition) is 3. The Balaban J connectivity index is 1.44. The van der Waals surface area contributed by atoms with Crippen LogP contribution in [0.5, 0.6) is 0 Å². The van der Waals surface area contributed by atoms with Crippen LogP contribution in [0.2, 0.25) is 0 Å². The Morgan fingerprint density at radius 1 is 1.36 bits per heavy atom. The number of oxazole rings is 1. The first kappa shape index (κ1) is 14.3. The van der Waals surface area contributed by atoms with Crippen molar-refractivity contribution in [3.05, 3.63) is 29.7 Å². The van der Waals surface area contributed by atoms with E-state index >= 15 is 0 Å². The monoisotopic (exact) mass is 298 g/mol. The fourth-order valence-corrected chi connectivity index (χ4v) is 4.40. The first-order chi connectivity index (χ1) is 10.6. The van der Waals surface area contributed by atoms with Gasteiger partial charge in [0.2, 0.25) is 0 Å². The molecule has 1 N–H and O–H groups in total. The molecule has 118 valence electrons. The molecule has 0 atom stereocenters. The van der Waals surface area contributed by atoms with Crippen molar-refractivity contribution in [1.82, 2.24) is 10.3 Å². The summed E-state index contributed by atoms with van der Waals surface area (Å²) in [6.07, 6.45) is 6.16. The molecule has 1 aliphatic heterocycles. The summed E-state index contributed by atoms with van der Waals surface area (Å²) in [4.78, 5) is 4.69. The van der Waals surface area contributed by atoms with Gasteiger partial charge in [0, 0.05) is 13.0 Å². The van der Waals surface area contributed by atoms with Gasteiger partial charge in [0.1, 0.15) is 5.52 Å². The molecule has 3 heteroatoms. The molecule has 22 heavy (non-hydrogen) atoms. The zero-order valence-corrected chi connectivity index (χ0v) is 13.7. The summed E-state index contributed by atoms with van der Waals surface area (Å²) in [5, 5.41) is 3.50. The van der Waals surface area contributed by atoms with Gasteiger partial charge in [-0.05, 0) is 67.2 Å². The van der Waals surface area contributed by atoms with Gasteiger partial charge in [0.15, 0.2) is 11.5 Å². The Hall–Kier alpha value is -1.35. The van der Waals surface area contributed by atoms with E-state index in [2.05, 4.69) is 42.3 Å². The minimum atomic E-state index is 0.612. The zero-order valence-electron chi connectivity index (χ0n) is 13.7. The molecule has 0 unspecified atom stereocenters. The van der Waals surface area contributed by atoms with Crippen molar-refractivity contribution < 1.29 is 4.42 Å². The second kappa shape index (κ2) is 5.38. The number of rotatable bonds is 4. The molecule has 1 aromatic heterocycles. The van der Waals surface area contributed by atoms with E-state index in [0.29, 0.717) is 11.3 Å². The highest BCUT2D eigenvalue weighted by Crippen LogP contribution is 2.50. The highest BCUT2D eigenvalue weighted by Gasteiger charge is 2.45. The predicted molar refractivity (Wildman–Crippen MR) is 88.9 cm³/mol. The maximum atomic E-state index is 6.02. The van der Waals surface area contributed by atoms with Crippen molar-refractivity contribution in [1.29, 1.82) is 0 Å². The van der Waals surface area contributed by atoms with Gasteiger partial charge in [-0.1, -0.05) is 19.9 Å². The van der Waals surface area contributed by atoms with Crippen molar-refractivity contribution in [2.45, 2.75) is 46.0 Å². The summed E-state index contributed by atoms with van der Waals surface area (Å²) in [5.41, 5.74) is 3.94. The lowest BCUT2D eigenvalue weighted by atomic mass is 9.60. The summed E-state index contributed by atoms with van der Waals surface area (Å²) in [7, 11) is 0. The predicted octanol–water partition coefficient (Wildman–Crippen LogP) is 3.96. The van der Waals surface area contributed by atoms with Crippen LogP contribution < -0.4 is 5.32 Å². The average molecular weight is 298 g/mol. The molecule has 2 aromatic rings. The van der Waals surface area contributed by atoms with Gasteiger partial charge >= 0.3 is 0 Å². The summed E-state index contributed by atoms with van der Waals surface area (Å²) in [6, 6.07) is 6.48. The van der Waals surface area contributed by atoms with Gasteiger partial charge in [-0.2, -0.15) is 0 Å². The standard InChI is InChI=1S/C19H26N2O/c1-13(2)7-14-3-4-16-17(8-14)22-18(21-16)9-15-10-19(11-15)5-6-20-12-19/h3-4,8,13,15,20H,5-7,9-12H2,1-2H3. The van der Waals surface area contributed by atoms with Crippen LogP contribution >= 0.6 is 0 Å². The molecule has 1 aliphatic carbocycles. The lowest BCUT2D eigenvalue weighted by molar-refractivity contribution is 0.0726. The normalized spacial score (nSPS) is 27.9. The average Bonchev–Trinajstić information content (AvgIpc) is 3.03. The van der Waals surface area contributed by atoms with E-state index in [9.17, 15) is 0 Å². The Bertz CT molecular complexity index is 659. The summed E-state index contributed by atoms with van der Waals surface area (Å²) < 4.78 is 6.02. The van der Waals surface area contributed by atoms with Crippen LogP contribution in [-0.2, 0) is 12.8 Å². The van der Waals surface area contributed by atoms with Crippen LogP contribution in [-0.4, -0.2) is 18.1 Å². The zero-order chi connectivity index (χ0) is 15.2. The summed E-state index contributed by atoms with van der Waals surface area (Å²) in [6.45, 7) is 6.92. The molecule has 1 aromatic carbocycles. The fraction of sp³-hybridized carbons (Fsp3) is 0.632. The molecular formula is C19H26N2O. The maximum Gasteiger partial charge on any atom is 0.195 e. The molecule has 1 saturated carbocycles. The smallest absolute Gasteiger partial charge is 0.195 e. The van der Waals surface area contributed by atoms with Crippen molar-refractivity contribution >= 4 is 11.1 Å². The molecule has 0 radical (unpaired) electrons. The molecule has 0 bridgehead atoms. The van der Waals surface area contributed by atoms with E-state index in [1.54, 1.807) is 0 Å². The number of benzene rings is 1. The van der Waals surface area contributed by atoms with Gasteiger partial charge in [0.05, 0.1) is 0 Å². The molecular weight excluding hydrogens is 272 g/mol. The molecule has 1 spiro atoms. The van der Waals surface area contributed by atoms with Crippen molar-refractivity contribution in [2.75, 3.05) is 13.1 Å². The van der Waals surface area contributed by atoms with Crippen LogP contribution in [0.3, 0.4) is 0 Å². The maximum absolute atomic E-state index is 6.02. The summed E-state index contributed by atoms with van der Waals surface area (Å²) in [5.74, 6) is 2.37. The van der Waals surface area contributed by atoms with Crippen LogP contribution in [0.1, 0.15) is 44.6 Å². The highest BCUT2D eigenvalue weighted by molar-refractivity contribution is 5.73. The van der Waals surface area contributed by atoms with Crippen LogP contribution in [0, 0.1) is 17.3 Å². The molecule has 3 nitrogen and oxygen atoms in total. The van der Waals surface area contributed by atoms with Crippen LogP contribution in [0.4, 0.5) is 0 Å². The van der Waals surface area contributed by atoms with Gasteiger partial charge in [-0.15, -0.1) is 0 Å². The molecule has 2 aliphatic rings. The van der Waals surface area contributed by atoms with Crippen LogP contribution in [0.15, 0.2) is 22.6 Å². The van der Waals surface area contributed by atoms with Gasteiger partial charge in [-0.3, -0.25) is 0 Å². The quantitative estimate of drug-likeness (QED) is 0.928. The lowest BCUT2D eigenvalue weighted by Gasteiger charge is -2.44. The minimum Gasteiger partial charge on any atom is -0.441 e. The SMILES string of the molecule is CC(C)Cc1ccc2nc(CC3CC4(CCNC4)C3)oc2c1. The molecule has 2 heterocycles. The molecule has 0 amide bonds. The van der Waals surface area contributed by atoms with E-state index in [1.807, 2.05) is 0 Å². The van der Waals surface area contributed by atoms with Gasteiger partial charge < -0.3 is 9.73 Å². The number of nitrogens with one attached hydrogen (secondary N) is 1. The topological polar surface area (TPSA) is 38.1 Å².